The first-order chi connectivity index (χ1) is 8.63. The number of hydrogen-bond acceptors (Lipinski definition) is 2. The van der Waals surface area contributed by atoms with Gasteiger partial charge in [-0.1, -0.05) is 15.9 Å². The van der Waals surface area contributed by atoms with Gasteiger partial charge in [0.05, 0.1) is 5.52 Å². The number of fused-ring (bicyclic) bond motifs is 1. The average molecular weight is 309 g/mol. The lowest BCUT2D eigenvalue weighted by Gasteiger charge is -2.09. The molecule has 4 heteroatoms. The Hall–Kier alpha value is -1.13. The fraction of sp³-hybridized carbons (Fsp3) is 0.357. The van der Waals surface area contributed by atoms with Crippen LogP contribution in [0.5, 0.6) is 0 Å². The molecule has 0 aliphatic carbocycles. The van der Waals surface area contributed by atoms with Crippen molar-refractivity contribution in [1.29, 1.82) is 0 Å². The van der Waals surface area contributed by atoms with Gasteiger partial charge in [-0.25, -0.2) is 0 Å². The summed E-state index contributed by atoms with van der Waals surface area (Å²) in [5, 5.41) is 1.09. The van der Waals surface area contributed by atoms with E-state index >= 15 is 0 Å². The van der Waals surface area contributed by atoms with E-state index in [-0.39, 0.29) is 5.56 Å². The van der Waals surface area contributed by atoms with Crippen molar-refractivity contribution in [1.82, 2.24) is 4.57 Å². The first-order valence-corrected chi connectivity index (χ1v) is 6.91. The van der Waals surface area contributed by atoms with Crippen molar-refractivity contribution in [2.75, 3.05) is 6.54 Å². The molecule has 0 fully saturated rings. The molecule has 0 radical (unpaired) electrons. The van der Waals surface area contributed by atoms with Crippen LogP contribution in [0.3, 0.4) is 0 Å². The molecular weight excluding hydrogens is 292 g/mol. The van der Waals surface area contributed by atoms with Crippen molar-refractivity contribution in [3.05, 3.63) is 44.7 Å². The lowest BCUT2D eigenvalue weighted by atomic mass is 10.1. The summed E-state index contributed by atoms with van der Waals surface area (Å²) in [5.41, 5.74) is 7.42. The van der Waals surface area contributed by atoms with Gasteiger partial charge in [0.15, 0.2) is 0 Å². The first-order valence-electron chi connectivity index (χ1n) is 6.11. The van der Waals surface area contributed by atoms with Crippen LogP contribution in [0.1, 0.15) is 18.4 Å². The van der Waals surface area contributed by atoms with Crippen molar-refractivity contribution >= 4 is 26.8 Å². The van der Waals surface area contributed by atoms with Gasteiger partial charge in [0.2, 0.25) is 0 Å². The molecule has 1 heterocycles. The molecule has 0 bridgehead atoms. The molecule has 0 amide bonds. The molecule has 0 saturated carbocycles. The largest absolute Gasteiger partial charge is 0.330 e. The quantitative estimate of drug-likeness (QED) is 0.883. The van der Waals surface area contributed by atoms with Crippen molar-refractivity contribution < 1.29 is 0 Å². The Kier molecular flexibility index (Phi) is 4.19. The molecule has 0 unspecified atom stereocenters. The Labute approximate surface area is 115 Å². The maximum atomic E-state index is 12.2. The second-order valence-corrected chi connectivity index (χ2v) is 5.40. The van der Waals surface area contributed by atoms with Crippen LogP contribution in [-0.2, 0) is 13.5 Å². The summed E-state index contributed by atoms with van der Waals surface area (Å²) in [6.07, 6.45) is 2.72. The zero-order chi connectivity index (χ0) is 13.1. The molecule has 0 saturated heterocycles. The van der Waals surface area contributed by atoms with Crippen molar-refractivity contribution in [2.45, 2.75) is 19.3 Å². The fourth-order valence-corrected chi connectivity index (χ4v) is 2.54. The Morgan fingerprint density at radius 1 is 1.28 bits per heavy atom. The summed E-state index contributed by atoms with van der Waals surface area (Å²) in [6, 6.07) is 7.96. The number of nitrogens with two attached hydrogens (primary N) is 1. The molecule has 0 spiro atoms. The number of aromatic nitrogens is 1. The lowest BCUT2D eigenvalue weighted by molar-refractivity contribution is 0.732. The first kappa shape index (κ1) is 13.3. The Morgan fingerprint density at radius 2 is 2.06 bits per heavy atom. The van der Waals surface area contributed by atoms with E-state index in [1.54, 1.807) is 4.57 Å². The highest BCUT2D eigenvalue weighted by molar-refractivity contribution is 9.10. The standard InChI is InChI=1S/C14H17BrN2O/c1-17-13-6-5-12(15)9-11(13)8-10(14(17)18)4-2-3-7-16/h5-6,8-9H,2-4,7,16H2,1H3. The van der Waals surface area contributed by atoms with Gasteiger partial charge in [-0.05, 0) is 55.5 Å². The maximum absolute atomic E-state index is 12.2. The molecule has 2 rings (SSSR count). The van der Waals surface area contributed by atoms with Crippen LogP contribution in [0.4, 0.5) is 0 Å². The zero-order valence-electron chi connectivity index (χ0n) is 10.4. The molecule has 3 nitrogen and oxygen atoms in total. The number of halogens is 1. The summed E-state index contributed by atoms with van der Waals surface area (Å²) in [4.78, 5) is 12.2. The van der Waals surface area contributed by atoms with E-state index < -0.39 is 0 Å². The summed E-state index contributed by atoms with van der Waals surface area (Å²) >= 11 is 3.46. The van der Waals surface area contributed by atoms with E-state index in [0.717, 1.165) is 40.2 Å². The van der Waals surface area contributed by atoms with Crippen LogP contribution >= 0.6 is 15.9 Å². The van der Waals surface area contributed by atoms with E-state index in [1.165, 1.54) is 0 Å². The molecular formula is C14H17BrN2O. The van der Waals surface area contributed by atoms with Crippen LogP contribution in [0.25, 0.3) is 10.9 Å². The molecule has 96 valence electrons. The second kappa shape index (κ2) is 5.67. The molecule has 0 aliphatic rings. The van der Waals surface area contributed by atoms with E-state index in [0.29, 0.717) is 6.54 Å². The average Bonchev–Trinajstić information content (AvgIpc) is 2.35. The zero-order valence-corrected chi connectivity index (χ0v) is 12.0. The minimum atomic E-state index is 0.0989. The number of unbranched alkanes of at least 4 members (excludes halogenated alkanes) is 1. The lowest BCUT2D eigenvalue weighted by Crippen LogP contribution is -2.21. The molecule has 1 aromatic carbocycles. The minimum Gasteiger partial charge on any atom is -0.330 e. The van der Waals surface area contributed by atoms with E-state index in [2.05, 4.69) is 15.9 Å². The van der Waals surface area contributed by atoms with Gasteiger partial charge in [-0.3, -0.25) is 4.79 Å². The smallest absolute Gasteiger partial charge is 0.253 e. The second-order valence-electron chi connectivity index (χ2n) is 4.48. The Morgan fingerprint density at radius 3 is 2.78 bits per heavy atom. The van der Waals surface area contributed by atoms with Crippen LogP contribution in [0.15, 0.2) is 33.5 Å². The highest BCUT2D eigenvalue weighted by Crippen LogP contribution is 2.19. The third-order valence-corrected chi connectivity index (χ3v) is 3.65. The third kappa shape index (κ3) is 2.65. The normalized spacial score (nSPS) is 11.1. The summed E-state index contributed by atoms with van der Waals surface area (Å²) < 4.78 is 2.75. The molecule has 2 N–H and O–H groups in total. The minimum absolute atomic E-state index is 0.0989. The van der Waals surface area contributed by atoms with Crippen molar-refractivity contribution in [3.8, 4) is 0 Å². The van der Waals surface area contributed by atoms with E-state index in [1.807, 2.05) is 31.3 Å². The van der Waals surface area contributed by atoms with Gasteiger partial charge in [-0.15, -0.1) is 0 Å². The van der Waals surface area contributed by atoms with Gasteiger partial charge < -0.3 is 10.3 Å². The number of benzene rings is 1. The summed E-state index contributed by atoms with van der Waals surface area (Å²) in [5.74, 6) is 0. The number of nitrogens with zero attached hydrogens (tertiary/aromatic N) is 1. The number of pyridine rings is 1. The predicted octanol–water partition coefficient (Wildman–Crippen LogP) is 2.58. The predicted molar refractivity (Wildman–Crippen MR) is 78.9 cm³/mol. The maximum Gasteiger partial charge on any atom is 0.253 e. The van der Waals surface area contributed by atoms with E-state index in [4.69, 9.17) is 5.73 Å². The van der Waals surface area contributed by atoms with Crippen molar-refractivity contribution in [3.63, 3.8) is 0 Å². The number of rotatable bonds is 4. The number of hydrogen-bond donors (Lipinski definition) is 1. The van der Waals surface area contributed by atoms with Crippen LogP contribution in [0.2, 0.25) is 0 Å². The van der Waals surface area contributed by atoms with Gasteiger partial charge >= 0.3 is 0 Å². The van der Waals surface area contributed by atoms with Gasteiger partial charge in [-0.2, -0.15) is 0 Å². The third-order valence-electron chi connectivity index (χ3n) is 3.16. The van der Waals surface area contributed by atoms with E-state index in [9.17, 15) is 4.79 Å². The molecule has 0 atom stereocenters. The van der Waals surface area contributed by atoms with Crippen LogP contribution in [-0.4, -0.2) is 11.1 Å². The van der Waals surface area contributed by atoms with Crippen molar-refractivity contribution in [2.24, 2.45) is 12.8 Å². The number of aryl methyl sites for hydroxylation is 2. The molecule has 2 aromatic rings. The van der Waals surface area contributed by atoms with Gasteiger partial charge in [0, 0.05) is 17.1 Å². The van der Waals surface area contributed by atoms with Gasteiger partial charge in [0.25, 0.3) is 5.56 Å². The SMILES string of the molecule is Cn1c(=O)c(CCCCN)cc2cc(Br)ccc21. The topological polar surface area (TPSA) is 48.0 Å². The molecule has 18 heavy (non-hydrogen) atoms. The van der Waals surface area contributed by atoms with Crippen LogP contribution in [0, 0.1) is 0 Å². The Bertz CT molecular complexity index is 619. The highest BCUT2D eigenvalue weighted by atomic mass is 79.9. The molecule has 1 aromatic heterocycles. The fourth-order valence-electron chi connectivity index (χ4n) is 2.16. The highest BCUT2D eigenvalue weighted by Gasteiger charge is 2.06. The monoisotopic (exact) mass is 308 g/mol. The summed E-state index contributed by atoms with van der Waals surface area (Å²) in [6.45, 7) is 0.680. The molecule has 0 aliphatic heterocycles. The summed E-state index contributed by atoms with van der Waals surface area (Å²) in [7, 11) is 1.82. The van der Waals surface area contributed by atoms with Crippen LogP contribution < -0.4 is 11.3 Å². The Balaban J connectivity index is 2.48. The van der Waals surface area contributed by atoms with Gasteiger partial charge in [0.1, 0.15) is 0 Å².